The second kappa shape index (κ2) is 7.07. The molecule has 0 atom stereocenters. The van der Waals surface area contributed by atoms with Crippen molar-refractivity contribution in [3.05, 3.63) is 65.8 Å². The quantitative estimate of drug-likeness (QED) is 0.752. The minimum Gasteiger partial charge on any atom is -0.325 e. The molecule has 6 heteroatoms. The normalized spacial score (nSPS) is 10.3. The van der Waals surface area contributed by atoms with Gasteiger partial charge in [0, 0.05) is 22.9 Å². The highest BCUT2D eigenvalue weighted by Crippen LogP contribution is 2.23. The molecule has 1 heterocycles. The lowest BCUT2D eigenvalue weighted by Gasteiger charge is -2.21. The molecular weight excluding hydrogens is 310 g/mol. The number of benzene rings is 2. The van der Waals surface area contributed by atoms with Gasteiger partial charge in [0.2, 0.25) is 5.95 Å². The van der Waals surface area contributed by atoms with E-state index >= 15 is 0 Å². The Morgan fingerprint density at radius 3 is 2.48 bits per heavy atom. The van der Waals surface area contributed by atoms with Gasteiger partial charge in [-0.3, -0.25) is 0 Å². The summed E-state index contributed by atoms with van der Waals surface area (Å²) in [5, 5.41) is 11.9. The average Bonchev–Trinajstić information content (AvgIpc) is 2.59. The number of hydrogen-bond acceptors (Lipinski definition) is 5. The highest BCUT2D eigenvalue weighted by molar-refractivity contribution is 6.30. The summed E-state index contributed by atoms with van der Waals surface area (Å²) in [6.07, 6.45) is 1.66. The molecule has 2 aromatic carbocycles. The maximum absolute atomic E-state index is 5.89. The Kier molecular flexibility index (Phi) is 4.68. The smallest absolute Gasteiger partial charge is 0.249 e. The number of hydrogen-bond donors (Lipinski definition) is 1. The maximum Gasteiger partial charge on any atom is 0.249 e. The molecule has 5 nitrogen and oxygen atoms in total. The van der Waals surface area contributed by atoms with Crippen LogP contribution >= 0.6 is 11.6 Å². The van der Waals surface area contributed by atoms with Gasteiger partial charge in [0.05, 0.1) is 6.20 Å². The monoisotopic (exact) mass is 325 g/mol. The number of aromatic nitrogens is 3. The fourth-order valence-corrected chi connectivity index (χ4v) is 2.35. The van der Waals surface area contributed by atoms with Crippen molar-refractivity contribution in [2.24, 2.45) is 0 Å². The highest BCUT2D eigenvalue weighted by atomic mass is 35.5. The van der Waals surface area contributed by atoms with E-state index in [0.717, 1.165) is 23.7 Å². The molecule has 0 spiro atoms. The van der Waals surface area contributed by atoms with Gasteiger partial charge in [0.15, 0.2) is 5.82 Å². The molecule has 0 aliphatic heterocycles. The Balaban J connectivity index is 1.85. The zero-order valence-electron chi connectivity index (χ0n) is 12.6. The second-order valence-corrected chi connectivity index (χ2v) is 5.29. The Morgan fingerprint density at radius 1 is 1.04 bits per heavy atom. The first-order chi connectivity index (χ1) is 11.3. The summed E-state index contributed by atoms with van der Waals surface area (Å²) in [4.78, 5) is 6.62. The van der Waals surface area contributed by atoms with Crippen molar-refractivity contribution < 1.29 is 0 Å². The summed E-state index contributed by atoms with van der Waals surface area (Å²) in [6, 6.07) is 17.4. The summed E-state index contributed by atoms with van der Waals surface area (Å²) in [6.45, 7) is 2.85. The van der Waals surface area contributed by atoms with Crippen LogP contribution in [0.3, 0.4) is 0 Å². The molecule has 0 saturated heterocycles. The predicted molar refractivity (Wildman–Crippen MR) is 93.7 cm³/mol. The molecule has 3 rings (SSSR count). The zero-order valence-corrected chi connectivity index (χ0v) is 13.4. The van der Waals surface area contributed by atoms with E-state index in [1.807, 2.05) is 54.6 Å². The molecule has 0 amide bonds. The SMILES string of the molecule is CCN(c1ccccc1)c1cnnc(Nc2ccc(Cl)cc2)n1. The minimum atomic E-state index is 0.444. The third-order valence-corrected chi connectivity index (χ3v) is 3.56. The topological polar surface area (TPSA) is 53.9 Å². The summed E-state index contributed by atoms with van der Waals surface area (Å²) in [7, 11) is 0. The number of rotatable bonds is 5. The molecule has 23 heavy (non-hydrogen) atoms. The van der Waals surface area contributed by atoms with Crippen LogP contribution in [-0.4, -0.2) is 21.7 Å². The van der Waals surface area contributed by atoms with E-state index in [0.29, 0.717) is 11.0 Å². The van der Waals surface area contributed by atoms with Crippen LogP contribution in [0.5, 0.6) is 0 Å². The molecule has 3 aromatic rings. The minimum absolute atomic E-state index is 0.444. The van der Waals surface area contributed by atoms with E-state index in [1.54, 1.807) is 6.20 Å². The van der Waals surface area contributed by atoms with Crippen molar-refractivity contribution >= 4 is 34.7 Å². The maximum atomic E-state index is 5.89. The summed E-state index contributed by atoms with van der Waals surface area (Å²) < 4.78 is 0. The van der Waals surface area contributed by atoms with Crippen LogP contribution in [0.2, 0.25) is 5.02 Å². The Bertz CT molecular complexity index is 761. The Morgan fingerprint density at radius 2 is 1.78 bits per heavy atom. The Labute approximate surface area is 140 Å². The summed E-state index contributed by atoms with van der Waals surface area (Å²) in [5.74, 6) is 1.18. The molecular formula is C17H16ClN5. The van der Waals surface area contributed by atoms with Crippen molar-refractivity contribution in [2.75, 3.05) is 16.8 Å². The Hall–Kier alpha value is -2.66. The number of nitrogens with one attached hydrogen (secondary N) is 1. The van der Waals surface area contributed by atoms with Crippen LogP contribution in [0.15, 0.2) is 60.8 Å². The molecule has 0 fully saturated rings. The molecule has 0 radical (unpaired) electrons. The molecule has 0 aliphatic rings. The van der Waals surface area contributed by atoms with Crippen molar-refractivity contribution in [2.45, 2.75) is 6.92 Å². The van der Waals surface area contributed by atoms with E-state index < -0.39 is 0 Å². The summed E-state index contributed by atoms with van der Waals surface area (Å²) >= 11 is 5.89. The third-order valence-electron chi connectivity index (χ3n) is 3.31. The van der Waals surface area contributed by atoms with E-state index in [-0.39, 0.29) is 0 Å². The van der Waals surface area contributed by atoms with Crippen molar-refractivity contribution in [3.8, 4) is 0 Å². The average molecular weight is 326 g/mol. The number of nitrogens with zero attached hydrogens (tertiary/aromatic N) is 4. The second-order valence-electron chi connectivity index (χ2n) is 4.85. The molecule has 0 saturated carbocycles. The molecule has 1 aromatic heterocycles. The lowest BCUT2D eigenvalue weighted by atomic mass is 10.3. The van der Waals surface area contributed by atoms with Crippen LogP contribution in [0, 0.1) is 0 Å². The lowest BCUT2D eigenvalue weighted by Crippen LogP contribution is -2.18. The molecule has 116 valence electrons. The standard InChI is InChI=1S/C17H16ClN5/c1-2-23(15-6-4-3-5-7-15)16-12-19-22-17(21-16)20-14-10-8-13(18)9-11-14/h3-12H,2H2,1H3,(H,20,21,22). The number of para-hydroxylation sites is 1. The highest BCUT2D eigenvalue weighted by Gasteiger charge is 2.10. The number of halogens is 1. The van der Waals surface area contributed by atoms with Crippen molar-refractivity contribution in [1.82, 2.24) is 15.2 Å². The zero-order chi connectivity index (χ0) is 16.1. The van der Waals surface area contributed by atoms with E-state index in [1.165, 1.54) is 0 Å². The summed E-state index contributed by atoms with van der Waals surface area (Å²) in [5.41, 5.74) is 1.92. The lowest BCUT2D eigenvalue weighted by molar-refractivity contribution is 0.922. The van der Waals surface area contributed by atoms with E-state index in [9.17, 15) is 0 Å². The van der Waals surface area contributed by atoms with Gasteiger partial charge in [-0.2, -0.15) is 10.1 Å². The van der Waals surface area contributed by atoms with E-state index in [4.69, 9.17) is 11.6 Å². The first-order valence-electron chi connectivity index (χ1n) is 7.31. The fourth-order valence-electron chi connectivity index (χ4n) is 2.23. The first-order valence-corrected chi connectivity index (χ1v) is 7.69. The van der Waals surface area contributed by atoms with E-state index in [2.05, 4.69) is 32.3 Å². The van der Waals surface area contributed by atoms with Gasteiger partial charge < -0.3 is 10.2 Å². The molecule has 1 N–H and O–H groups in total. The van der Waals surface area contributed by atoms with Crippen LogP contribution in [0.4, 0.5) is 23.1 Å². The fraction of sp³-hybridized carbons (Fsp3) is 0.118. The van der Waals surface area contributed by atoms with Gasteiger partial charge in [-0.25, -0.2) is 0 Å². The molecule has 0 bridgehead atoms. The predicted octanol–water partition coefficient (Wildman–Crippen LogP) is 4.43. The van der Waals surface area contributed by atoms with Gasteiger partial charge in [-0.05, 0) is 43.3 Å². The molecule has 0 unspecified atom stereocenters. The van der Waals surface area contributed by atoms with Gasteiger partial charge in [0.25, 0.3) is 0 Å². The van der Waals surface area contributed by atoms with Crippen molar-refractivity contribution in [3.63, 3.8) is 0 Å². The van der Waals surface area contributed by atoms with Crippen molar-refractivity contribution in [1.29, 1.82) is 0 Å². The van der Waals surface area contributed by atoms with Crippen LogP contribution in [-0.2, 0) is 0 Å². The van der Waals surface area contributed by atoms with Gasteiger partial charge in [0.1, 0.15) is 0 Å². The molecule has 0 aliphatic carbocycles. The van der Waals surface area contributed by atoms with Gasteiger partial charge >= 0.3 is 0 Å². The van der Waals surface area contributed by atoms with Gasteiger partial charge in [-0.1, -0.05) is 29.8 Å². The van der Waals surface area contributed by atoms with Crippen LogP contribution in [0.25, 0.3) is 0 Å². The first kappa shape index (κ1) is 15.2. The van der Waals surface area contributed by atoms with Crippen LogP contribution < -0.4 is 10.2 Å². The van der Waals surface area contributed by atoms with Crippen LogP contribution in [0.1, 0.15) is 6.92 Å². The number of anilines is 4. The largest absolute Gasteiger partial charge is 0.325 e. The van der Waals surface area contributed by atoms with Gasteiger partial charge in [-0.15, -0.1) is 5.10 Å². The third kappa shape index (κ3) is 3.76.